The predicted octanol–water partition coefficient (Wildman–Crippen LogP) is 5.03. The predicted molar refractivity (Wildman–Crippen MR) is 93.5 cm³/mol. The number of hydrogen-bond donors (Lipinski definition) is 0. The lowest BCUT2D eigenvalue weighted by Gasteiger charge is -2.06. The zero-order chi connectivity index (χ0) is 18.4. The highest BCUT2D eigenvalue weighted by atomic mass is 32.2. The molecule has 5 nitrogen and oxygen atoms in total. The molecule has 0 bridgehead atoms. The first kappa shape index (κ1) is 18.2. The van der Waals surface area contributed by atoms with Crippen molar-refractivity contribution in [1.82, 2.24) is 10.2 Å². The number of alkyl halides is 2. The Bertz CT molecular complexity index is 840. The average molecular weight is 378 g/mol. The molecule has 1 heterocycles. The van der Waals surface area contributed by atoms with Gasteiger partial charge in [-0.2, -0.15) is 8.78 Å². The standard InChI is InChI=1S/C18H16F2N2O3S/c1-2-23-15-6-4-3-5-14(15)16-21-22-18(25-16)26-11-12-7-9-13(10-8-12)24-17(19)20/h3-10,17H,2,11H2,1H3. The van der Waals surface area contributed by atoms with Crippen molar-refractivity contribution in [3.8, 4) is 23.0 Å². The molecule has 0 radical (unpaired) electrons. The largest absolute Gasteiger partial charge is 0.493 e. The lowest BCUT2D eigenvalue weighted by atomic mass is 10.2. The Balaban J connectivity index is 1.64. The summed E-state index contributed by atoms with van der Waals surface area (Å²) in [5, 5.41) is 8.52. The van der Waals surface area contributed by atoms with Gasteiger partial charge in [0.25, 0.3) is 11.1 Å². The van der Waals surface area contributed by atoms with Crippen LogP contribution in [0.2, 0.25) is 0 Å². The summed E-state index contributed by atoms with van der Waals surface area (Å²) >= 11 is 1.36. The van der Waals surface area contributed by atoms with Gasteiger partial charge in [0, 0.05) is 5.75 Å². The first-order valence-electron chi connectivity index (χ1n) is 7.88. The molecular weight excluding hydrogens is 362 g/mol. The number of aromatic nitrogens is 2. The van der Waals surface area contributed by atoms with Gasteiger partial charge in [0.05, 0.1) is 12.2 Å². The van der Waals surface area contributed by atoms with E-state index < -0.39 is 6.61 Å². The van der Waals surface area contributed by atoms with Crippen molar-refractivity contribution in [3.63, 3.8) is 0 Å². The number of nitrogens with zero attached hydrogens (tertiary/aromatic N) is 2. The number of para-hydroxylation sites is 1. The summed E-state index contributed by atoms with van der Waals surface area (Å²) in [6, 6.07) is 13.9. The molecule has 0 spiro atoms. The van der Waals surface area contributed by atoms with Gasteiger partial charge in [-0.3, -0.25) is 0 Å². The molecule has 0 fully saturated rings. The first-order valence-corrected chi connectivity index (χ1v) is 8.86. The van der Waals surface area contributed by atoms with Crippen LogP contribution < -0.4 is 9.47 Å². The zero-order valence-corrected chi connectivity index (χ0v) is 14.7. The van der Waals surface area contributed by atoms with E-state index in [-0.39, 0.29) is 5.75 Å². The number of halogens is 2. The van der Waals surface area contributed by atoms with Crippen molar-refractivity contribution in [2.75, 3.05) is 6.61 Å². The first-order chi connectivity index (χ1) is 12.7. The van der Waals surface area contributed by atoms with E-state index in [1.165, 1.54) is 23.9 Å². The third-order valence-corrected chi connectivity index (χ3v) is 4.22. The molecule has 2 aromatic carbocycles. The van der Waals surface area contributed by atoms with Gasteiger partial charge in [-0.15, -0.1) is 10.2 Å². The molecule has 0 unspecified atom stereocenters. The SMILES string of the molecule is CCOc1ccccc1-c1nnc(SCc2ccc(OC(F)F)cc2)o1. The van der Waals surface area contributed by atoms with Crippen molar-refractivity contribution in [3.05, 3.63) is 54.1 Å². The normalized spacial score (nSPS) is 10.9. The van der Waals surface area contributed by atoms with E-state index >= 15 is 0 Å². The summed E-state index contributed by atoms with van der Waals surface area (Å²) in [5.74, 6) is 1.76. The number of benzene rings is 2. The van der Waals surface area contributed by atoms with Gasteiger partial charge >= 0.3 is 6.61 Å². The van der Waals surface area contributed by atoms with Crippen LogP contribution in [0.15, 0.2) is 58.2 Å². The summed E-state index contributed by atoms with van der Waals surface area (Å²) in [6.45, 7) is -0.381. The molecule has 0 N–H and O–H groups in total. The highest BCUT2D eigenvalue weighted by Crippen LogP contribution is 2.31. The summed E-state index contributed by atoms with van der Waals surface area (Å²) < 4.78 is 39.9. The second kappa shape index (κ2) is 8.66. The molecule has 136 valence electrons. The Morgan fingerprint density at radius 1 is 1.08 bits per heavy atom. The minimum Gasteiger partial charge on any atom is -0.493 e. The summed E-state index contributed by atoms with van der Waals surface area (Å²) in [7, 11) is 0. The summed E-state index contributed by atoms with van der Waals surface area (Å²) in [5.41, 5.74) is 1.66. The van der Waals surface area contributed by atoms with Crippen molar-refractivity contribution >= 4 is 11.8 Å². The van der Waals surface area contributed by atoms with Crippen molar-refractivity contribution < 1.29 is 22.7 Å². The van der Waals surface area contributed by atoms with E-state index in [0.29, 0.717) is 29.2 Å². The van der Waals surface area contributed by atoms with Gasteiger partial charge < -0.3 is 13.9 Å². The van der Waals surface area contributed by atoms with E-state index in [1.54, 1.807) is 12.1 Å². The molecule has 3 rings (SSSR count). The minimum absolute atomic E-state index is 0.126. The number of hydrogen-bond acceptors (Lipinski definition) is 6. The van der Waals surface area contributed by atoms with Crippen LogP contribution >= 0.6 is 11.8 Å². The second-order valence-corrected chi connectivity index (χ2v) is 6.04. The van der Waals surface area contributed by atoms with Gasteiger partial charge in [-0.05, 0) is 36.8 Å². The minimum atomic E-state index is -2.83. The zero-order valence-electron chi connectivity index (χ0n) is 13.9. The van der Waals surface area contributed by atoms with E-state index in [0.717, 1.165) is 11.1 Å². The monoisotopic (exact) mass is 378 g/mol. The summed E-state index contributed by atoms with van der Waals surface area (Å²) in [6.07, 6.45) is 0. The molecule has 1 aromatic heterocycles. The Hall–Kier alpha value is -2.61. The molecule has 0 amide bonds. The fraction of sp³-hybridized carbons (Fsp3) is 0.222. The van der Waals surface area contributed by atoms with E-state index in [9.17, 15) is 8.78 Å². The van der Waals surface area contributed by atoms with Crippen LogP contribution in [-0.2, 0) is 5.75 Å². The fourth-order valence-corrected chi connectivity index (χ4v) is 2.93. The van der Waals surface area contributed by atoms with Crippen LogP contribution in [0.3, 0.4) is 0 Å². The van der Waals surface area contributed by atoms with Crippen molar-refractivity contribution in [1.29, 1.82) is 0 Å². The van der Waals surface area contributed by atoms with E-state index in [4.69, 9.17) is 9.15 Å². The van der Waals surface area contributed by atoms with Gasteiger partial charge in [-0.1, -0.05) is 36.0 Å². The smallest absolute Gasteiger partial charge is 0.387 e. The Morgan fingerprint density at radius 3 is 2.58 bits per heavy atom. The maximum Gasteiger partial charge on any atom is 0.387 e. The Labute approximate surface area is 153 Å². The van der Waals surface area contributed by atoms with Crippen LogP contribution in [0.1, 0.15) is 12.5 Å². The molecule has 0 saturated carbocycles. The highest BCUT2D eigenvalue weighted by molar-refractivity contribution is 7.98. The Morgan fingerprint density at radius 2 is 1.85 bits per heavy atom. The topological polar surface area (TPSA) is 57.4 Å². The van der Waals surface area contributed by atoms with Gasteiger partial charge in [-0.25, -0.2) is 0 Å². The van der Waals surface area contributed by atoms with E-state index in [2.05, 4.69) is 14.9 Å². The van der Waals surface area contributed by atoms with Crippen LogP contribution in [0.5, 0.6) is 11.5 Å². The van der Waals surface area contributed by atoms with Crippen LogP contribution in [0, 0.1) is 0 Å². The van der Waals surface area contributed by atoms with Crippen molar-refractivity contribution in [2.45, 2.75) is 24.5 Å². The molecule has 0 aliphatic rings. The molecule has 8 heteroatoms. The lowest BCUT2D eigenvalue weighted by Crippen LogP contribution is -2.01. The number of thioether (sulfide) groups is 1. The third kappa shape index (κ3) is 4.72. The lowest BCUT2D eigenvalue weighted by molar-refractivity contribution is -0.0498. The fourth-order valence-electron chi connectivity index (χ4n) is 2.21. The quantitative estimate of drug-likeness (QED) is 0.513. The van der Waals surface area contributed by atoms with E-state index in [1.807, 2.05) is 31.2 Å². The third-order valence-electron chi connectivity index (χ3n) is 3.33. The maximum absolute atomic E-state index is 12.1. The molecule has 0 saturated heterocycles. The van der Waals surface area contributed by atoms with Crippen LogP contribution in [-0.4, -0.2) is 23.4 Å². The highest BCUT2D eigenvalue weighted by Gasteiger charge is 2.13. The molecule has 26 heavy (non-hydrogen) atoms. The molecular formula is C18H16F2N2O3S. The van der Waals surface area contributed by atoms with Gasteiger partial charge in [0.1, 0.15) is 11.5 Å². The molecule has 0 atom stereocenters. The molecule has 0 aliphatic carbocycles. The van der Waals surface area contributed by atoms with Crippen LogP contribution in [0.4, 0.5) is 8.78 Å². The van der Waals surface area contributed by atoms with Gasteiger partial charge in [0.2, 0.25) is 0 Å². The van der Waals surface area contributed by atoms with Crippen molar-refractivity contribution in [2.24, 2.45) is 0 Å². The number of rotatable bonds is 8. The summed E-state index contributed by atoms with van der Waals surface area (Å²) in [4.78, 5) is 0. The van der Waals surface area contributed by atoms with Gasteiger partial charge in [0.15, 0.2) is 0 Å². The van der Waals surface area contributed by atoms with Crippen LogP contribution in [0.25, 0.3) is 11.5 Å². The number of ether oxygens (including phenoxy) is 2. The molecule has 3 aromatic rings. The molecule has 0 aliphatic heterocycles. The Kier molecular flexibility index (Phi) is 6.06. The average Bonchev–Trinajstić information content (AvgIpc) is 3.10. The second-order valence-electron chi connectivity index (χ2n) is 5.11. The maximum atomic E-state index is 12.1.